The summed E-state index contributed by atoms with van der Waals surface area (Å²) in [6, 6.07) is 2.91. The minimum Gasteiger partial charge on any atom is -0.466 e. The third-order valence-electron chi connectivity index (χ3n) is 4.10. The molecule has 0 unspecified atom stereocenters. The number of benzene rings is 1. The lowest BCUT2D eigenvalue weighted by atomic mass is 9.91. The van der Waals surface area contributed by atoms with Gasteiger partial charge >= 0.3 is 18.2 Å². The molecule has 1 aromatic carbocycles. The molecule has 9 heteroatoms. The van der Waals surface area contributed by atoms with Crippen LogP contribution < -0.4 is 5.32 Å². The lowest BCUT2D eigenvalue weighted by molar-refractivity contribution is -0.140. The molecule has 0 fully saturated rings. The highest BCUT2D eigenvalue weighted by Crippen LogP contribution is 2.39. The number of methoxy groups -OCH3 is 2. The van der Waals surface area contributed by atoms with E-state index in [4.69, 9.17) is 9.47 Å². The summed E-state index contributed by atoms with van der Waals surface area (Å²) in [5.74, 6) is -0.813. The third-order valence-corrected chi connectivity index (χ3v) is 4.10. The minimum atomic E-state index is -4.64. The summed E-state index contributed by atoms with van der Waals surface area (Å²) < 4.78 is 49.8. The van der Waals surface area contributed by atoms with Crippen molar-refractivity contribution in [3.63, 3.8) is 0 Å². The third kappa shape index (κ3) is 3.82. The van der Waals surface area contributed by atoms with E-state index >= 15 is 0 Å². The number of hydrogen-bond acceptors (Lipinski definition) is 4. The molecule has 1 aliphatic rings. The molecule has 0 aromatic heterocycles. The second-order valence-electron chi connectivity index (χ2n) is 5.60. The normalized spacial score (nSPS) is 18.0. The van der Waals surface area contributed by atoms with E-state index in [1.165, 1.54) is 37.1 Å². The Balaban J connectivity index is 2.60. The lowest BCUT2D eigenvalue weighted by Crippen LogP contribution is -2.49. The molecule has 2 rings (SSSR count). The average molecular weight is 372 g/mol. The second kappa shape index (κ2) is 7.77. The van der Waals surface area contributed by atoms with E-state index in [9.17, 15) is 22.8 Å². The Bertz CT molecular complexity index is 731. The van der Waals surface area contributed by atoms with Crippen molar-refractivity contribution < 1.29 is 32.2 Å². The number of carbonyl (C=O) groups is 2. The fraction of sp³-hybridized carbons (Fsp3) is 0.412. The molecule has 0 saturated carbocycles. The van der Waals surface area contributed by atoms with Crippen LogP contribution in [0.1, 0.15) is 24.1 Å². The molecule has 26 heavy (non-hydrogen) atoms. The van der Waals surface area contributed by atoms with Gasteiger partial charge < -0.3 is 14.8 Å². The zero-order chi connectivity index (χ0) is 19.5. The number of allylic oxidation sites excluding steroid dienone is 1. The molecule has 2 amide bonds. The lowest BCUT2D eigenvalue weighted by Gasteiger charge is -2.35. The van der Waals surface area contributed by atoms with Gasteiger partial charge in [0, 0.05) is 12.8 Å². The highest BCUT2D eigenvalue weighted by atomic mass is 19.4. The van der Waals surface area contributed by atoms with Gasteiger partial charge in [-0.15, -0.1) is 0 Å². The number of carbonyl (C=O) groups excluding carboxylic acids is 2. The van der Waals surface area contributed by atoms with Gasteiger partial charge in [-0.25, -0.2) is 9.59 Å². The van der Waals surface area contributed by atoms with Crippen molar-refractivity contribution in [3.8, 4) is 0 Å². The summed E-state index contributed by atoms with van der Waals surface area (Å²) in [7, 11) is 2.58. The highest BCUT2D eigenvalue weighted by molar-refractivity contribution is 5.95. The molecule has 0 bridgehead atoms. The Morgan fingerprint density at radius 1 is 1.27 bits per heavy atom. The maximum atomic E-state index is 13.4. The van der Waals surface area contributed by atoms with E-state index in [-0.39, 0.29) is 30.0 Å². The summed E-state index contributed by atoms with van der Waals surface area (Å²) in [5.41, 5.74) is -0.983. The van der Waals surface area contributed by atoms with Crippen molar-refractivity contribution >= 4 is 12.0 Å². The van der Waals surface area contributed by atoms with E-state index in [1.807, 2.05) is 0 Å². The number of halogens is 3. The van der Waals surface area contributed by atoms with Crippen molar-refractivity contribution in [3.05, 3.63) is 46.7 Å². The number of amides is 2. The summed E-state index contributed by atoms with van der Waals surface area (Å²) in [5, 5.41) is 2.47. The van der Waals surface area contributed by atoms with Crippen LogP contribution in [0.2, 0.25) is 0 Å². The Morgan fingerprint density at radius 2 is 1.92 bits per heavy atom. The summed E-state index contributed by atoms with van der Waals surface area (Å²) in [6.45, 7) is 1.83. The van der Waals surface area contributed by atoms with Gasteiger partial charge in [-0.05, 0) is 18.6 Å². The second-order valence-corrected chi connectivity index (χ2v) is 5.60. The molecule has 142 valence electrons. The molecular weight excluding hydrogens is 353 g/mol. The minimum absolute atomic E-state index is 0.0556. The predicted molar refractivity (Wildman–Crippen MR) is 86.0 cm³/mol. The first-order chi connectivity index (χ1) is 12.2. The van der Waals surface area contributed by atoms with E-state index in [0.717, 1.165) is 13.2 Å². The molecule has 0 radical (unpaired) electrons. The Morgan fingerprint density at radius 3 is 2.50 bits per heavy atom. The standard InChI is InChI=1S/C17H19F3N2O4/c1-10-13(15(23)26-3)14(21-16(24)22(10)8-9-25-2)11-6-4-5-7-12(11)17(18,19)20/h4-7,14H,8-9H2,1-3H3,(H,21,24)/t14-/m1/s1. The van der Waals surface area contributed by atoms with E-state index < -0.39 is 29.8 Å². The fourth-order valence-electron chi connectivity index (χ4n) is 2.85. The van der Waals surface area contributed by atoms with Gasteiger partial charge in [0.1, 0.15) is 0 Å². The molecule has 0 spiro atoms. The largest absolute Gasteiger partial charge is 0.466 e. The fourth-order valence-corrected chi connectivity index (χ4v) is 2.85. The summed E-state index contributed by atoms with van der Waals surface area (Å²) in [4.78, 5) is 25.9. The van der Waals surface area contributed by atoms with Crippen molar-refractivity contribution in [2.24, 2.45) is 0 Å². The van der Waals surface area contributed by atoms with E-state index in [1.54, 1.807) is 0 Å². The monoisotopic (exact) mass is 372 g/mol. The smallest absolute Gasteiger partial charge is 0.416 e. The number of rotatable bonds is 5. The number of esters is 1. The van der Waals surface area contributed by atoms with Crippen LogP contribution in [0, 0.1) is 0 Å². The van der Waals surface area contributed by atoms with Gasteiger partial charge in [0.05, 0.1) is 37.4 Å². The van der Waals surface area contributed by atoms with Crippen LogP contribution in [0.3, 0.4) is 0 Å². The number of nitrogens with one attached hydrogen (secondary N) is 1. The quantitative estimate of drug-likeness (QED) is 0.807. The van der Waals surface area contributed by atoms with E-state index in [2.05, 4.69) is 5.32 Å². The first kappa shape index (κ1) is 19.8. The van der Waals surface area contributed by atoms with Crippen LogP contribution in [0.4, 0.5) is 18.0 Å². The molecule has 1 N–H and O–H groups in total. The summed E-state index contributed by atoms with van der Waals surface area (Å²) in [6.07, 6.45) is -4.64. The molecule has 0 saturated heterocycles. The molecule has 1 aliphatic heterocycles. The molecular formula is C17H19F3N2O4. The van der Waals surface area contributed by atoms with Crippen molar-refractivity contribution in [2.75, 3.05) is 27.4 Å². The van der Waals surface area contributed by atoms with E-state index in [0.29, 0.717) is 0 Å². The number of alkyl halides is 3. The Hall–Kier alpha value is -2.55. The van der Waals surface area contributed by atoms with Crippen LogP contribution >= 0.6 is 0 Å². The Kier molecular flexibility index (Phi) is 5.91. The number of ether oxygens (including phenoxy) is 2. The van der Waals surface area contributed by atoms with Crippen molar-refractivity contribution in [2.45, 2.75) is 19.1 Å². The zero-order valence-electron chi connectivity index (χ0n) is 14.5. The molecule has 6 nitrogen and oxygen atoms in total. The predicted octanol–water partition coefficient (Wildman–Crippen LogP) is 2.87. The SMILES string of the molecule is COCCN1C(=O)N[C@H](c2ccccc2C(F)(F)F)C(C(=O)OC)=C1C. The number of urea groups is 1. The van der Waals surface area contributed by atoms with Crippen LogP contribution in [-0.4, -0.2) is 44.3 Å². The van der Waals surface area contributed by atoms with Crippen LogP contribution in [0.5, 0.6) is 0 Å². The topological polar surface area (TPSA) is 67.9 Å². The van der Waals surface area contributed by atoms with Gasteiger partial charge in [-0.3, -0.25) is 4.90 Å². The number of nitrogens with zero attached hydrogens (tertiary/aromatic N) is 1. The average Bonchev–Trinajstić information content (AvgIpc) is 2.59. The molecule has 1 aromatic rings. The van der Waals surface area contributed by atoms with Crippen molar-refractivity contribution in [1.29, 1.82) is 0 Å². The first-order valence-electron chi connectivity index (χ1n) is 7.74. The maximum Gasteiger partial charge on any atom is 0.416 e. The van der Waals surface area contributed by atoms with Gasteiger partial charge in [0.2, 0.25) is 0 Å². The maximum absolute atomic E-state index is 13.4. The molecule has 1 heterocycles. The zero-order valence-corrected chi connectivity index (χ0v) is 14.5. The van der Waals surface area contributed by atoms with Crippen LogP contribution in [0.25, 0.3) is 0 Å². The Labute approximate surface area is 148 Å². The summed E-state index contributed by atoms with van der Waals surface area (Å²) >= 11 is 0. The number of hydrogen-bond donors (Lipinski definition) is 1. The van der Waals surface area contributed by atoms with Crippen LogP contribution in [-0.2, 0) is 20.4 Å². The van der Waals surface area contributed by atoms with Crippen molar-refractivity contribution in [1.82, 2.24) is 10.2 Å². The molecule has 0 aliphatic carbocycles. The highest BCUT2D eigenvalue weighted by Gasteiger charge is 2.41. The van der Waals surface area contributed by atoms with Gasteiger partial charge in [-0.2, -0.15) is 13.2 Å². The van der Waals surface area contributed by atoms with Gasteiger partial charge in [-0.1, -0.05) is 18.2 Å². The molecule has 1 atom stereocenters. The first-order valence-corrected chi connectivity index (χ1v) is 7.74. The van der Waals surface area contributed by atoms with Crippen LogP contribution in [0.15, 0.2) is 35.5 Å². The van der Waals surface area contributed by atoms with Gasteiger partial charge in [0.15, 0.2) is 0 Å². The van der Waals surface area contributed by atoms with Gasteiger partial charge in [0.25, 0.3) is 0 Å².